The first-order valence-corrected chi connectivity index (χ1v) is 12.8. The number of hydrogen-bond donors (Lipinski definition) is 2. The van der Waals surface area contributed by atoms with Gasteiger partial charge in [0.1, 0.15) is 11.5 Å². The van der Waals surface area contributed by atoms with Crippen molar-refractivity contribution in [1.82, 2.24) is 0 Å². The van der Waals surface area contributed by atoms with Crippen LogP contribution in [0, 0.1) is 62.6 Å². The molecule has 0 bridgehead atoms. The Bertz CT molecular complexity index is 1560. The van der Waals surface area contributed by atoms with Gasteiger partial charge in [-0.05, 0) is 119 Å². The average molecular weight is 591 g/mol. The summed E-state index contributed by atoms with van der Waals surface area (Å²) in [6, 6.07) is 3.18. The van der Waals surface area contributed by atoms with E-state index in [1.165, 1.54) is 14.2 Å². The molecule has 4 nitrogen and oxygen atoms in total. The molecule has 4 aromatic rings. The Morgan fingerprint density at radius 2 is 0.762 bits per heavy atom. The Hall–Kier alpha value is -4.02. The number of benzene rings is 4. The van der Waals surface area contributed by atoms with Crippen LogP contribution in [0.25, 0.3) is 33.4 Å². The van der Waals surface area contributed by atoms with Crippen LogP contribution in [0.2, 0.25) is 0 Å². The summed E-state index contributed by atoms with van der Waals surface area (Å²) in [4.78, 5) is 0. The molecule has 0 saturated carbocycles. The van der Waals surface area contributed by atoms with Crippen molar-refractivity contribution in [2.24, 2.45) is 0 Å². The van der Waals surface area contributed by atoms with Crippen LogP contribution >= 0.6 is 0 Å². The van der Waals surface area contributed by atoms with Crippen LogP contribution in [0.5, 0.6) is 11.5 Å². The lowest BCUT2D eigenvalue weighted by Crippen LogP contribution is -2.09. The van der Waals surface area contributed by atoms with Crippen molar-refractivity contribution < 1.29 is 46.0 Å². The topological polar surface area (TPSA) is 58.9 Å². The fourth-order valence-corrected chi connectivity index (χ4v) is 5.96. The second-order valence-corrected chi connectivity index (χ2v) is 9.85. The van der Waals surface area contributed by atoms with Crippen LogP contribution in [0.4, 0.5) is 26.3 Å². The summed E-state index contributed by atoms with van der Waals surface area (Å²) in [5.41, 5.74) is 2.69. The summed E-state index contributed by atoms with van der Waals surface area (Å²) >= 11 is 0. The lowest BCUT2D eigenvalue weighted by molar-refractivity contribution is 0.280. The molecule has 4 aromatic carbocycles. The quantitative estimate of drug-likeness (QED) is 0.171. The molecule has 0 amide bonds. The van der Waals surface area contributed by atoms with Gasteiger partial charge in [-0.15, -0.1) is 0 Å². The zero-order valence-corrected chi connectivity index (χ0v) is 23.7. The fraction of sp³-hybridized carbons (Fsp3) is 0.250. The zero-order chi connectivity index (χ0) is 31.2. The molecule has 0 saturated heterocycles. The van der Waals surface area contributed by atoms with E-state index < -0.39 is 48.1 Å². The first-order chi connectivity index (χ1) is 19.8. The minimum Gasteiger partial charge on any atom is -0.496 e. The average Bonchev–Trinajstić information content (AvgIpc) is 2.94. The Kier molecular flexibility index (Phi) is 8.61. The highest BCUT2D eigenvalue weighted by atomic mass is 19.2. The van der Waals surface area contributed by atoms with Gasteiger partial charge in [0.2, 0.25) is 0 Å². The second-order valence-electron chi connectivity index (χ2n) is 9.85. The number of rotatable bonds is 7. The van der Waals surface area contributed by atoms with Gasteiger partial charge in [0.05, 0.1) is 27.4 Å². The van der Waals surface area contributed by atoms with Gasteiger partial charge in [-0.1, -0.05) is 0 Å². The van der Waals surface area contributed by atoms with E-state index in [-0.39, 0.29) is 56.0 Å². The van der Waals surface area contributed by atoms with E-state index in [4.69, 9.17) is 9.47 Å². The van der Waals surface area contributed by atoms with Crippen molar-refractivity contribution in [1.29, 1.82) is 0 Å². The van der Waals surface area contributed by atoms with Gasteiger partial charge >= 0.3 is 0 Å². The summed E-state index contributed by atoms with van der Waals surface area (Å²) in [7, 11) is 2.75. The van der Waals surface area contributed by atoms with Gasteiger partial charge in [-0.2, -0.15) is 0 Å². The third-order valence-corrected chi connectivity index (χ3v) is 7.59. The molecular weight excluding hydrogens is 562 g/mol. The van der Waals surface area contributed by atoms with Crippen molar-refractivity contribution in [3.63, 3.8) is 0 Å². The van der Waals surface area contributed by atoms with Gasteiger partial charge < -0.3 is 19.7 Å². The molecular formula is C32H28F6O4. The first-order valence-electron chi connectivity index (χ1n) is 12.8. The molecule has 10 heteroatoms. The number of aliphatic hydroxyl groups excluding tert-OH is 2. The molecule has 0 fully saturated rings. The normalized spacial score (nSPS) is 11.3. The van der Waals surface area contributed by atoms with Crippen molar-refractivity contribution in [3.8, 4) is 44.9 Å². The van der Waals surface area contributed by atoms with Gasteiger partial charge in [-0.3, -0.25) is 0 Å². The number of halogens is 6. The predicted octanol–water partition coefficient (Wildman–Crippen LogP) is 7.76. The maximum atomic E-state index is 14.4. The minimum absolute atomic E-state index is 0.0855. The molecule has 0 radical (unpaired) electrons. The van der Waals surface area contributed by atoms with E-state index in [1.54, 1.807) is 27.7 Å². The molecule has 0 aliphatic carbocycles. The van der Waals surface area contributed by atoms with E-state index in [9.17, 15) is 36.6 Å². The van der Waals surface area contributed by atoms with E-state index in [0.29, 0.717) is 22.3 Å². The minimum atomic E-state index is -1.66. The Morgan fingerprint density at radius 1 is 0.500 bits per heavy atom. The molecule has 42 heavy (non-hydrogen) atoms. The van der Waals surface area contributed by atoms with Gasteiger partial charge in [-0.25, -0.2) is 26.3 Å². The van der Waals surface area contributed by atoms with Crippen molar-refractivity contribution >= 4 is 0 Å². The standard InChI is InChI=1S/C32H28F6O4/c1-13-25(17-7-21(33)29(37)22(34)8-17)19(11-39)27(15(3)31(13)41-5)28-16(4)32(42-6)14(2)26(20(28)12-40)18-9-23(35)30(38)24(36)10-18/h7-10,39-40H,11-12H2,1-6H3. The molecule has 222 valence electrons. The molecule has 0 spiro atoms. The van der Waals surface area contributed by atoms with E-state index >= 15 is 0 Å². The molecule has 4 rings (SSSR count). The monoisotopic (exact) mass is 590 g/mol. The van der Waals surface area contributed by atoms with E-state index in [2.05, 4.69) is 0 Å². The van der Waals surface area contributed by atoms with Gasteiger partial charge in [0, 0.05) is 0 Å². The Morgan fingerprint density at radius 3 is 1.00 bits per heavy atom. The maximum absolute atomic E-state index is 14.4. The number of aliphatic hydroxyl groups is 2. The third kappa shape index (κ3) is 4.78. The summed E-state index contributed by atoms with van der Waals surface area (Å²) in [5, 5.41) is 21.4. The smallest absolute Gasteiger partial charge is 0.194 e. The van der Waals surface area contributed by atoms with Crippen LogP contribution in [-0.2, 0) is 13.2 Å². The number of hydrogen-bond acceptors (Lipinski definition) is 4. The van der Waals surface area contributed by atoms with Crippen LogP contribution in [0.1, 0.15) is 33.4 Å². The SMILES string of the molecule is COc1c(C)c(-c2cc(F)c(F)c(F)c2)c(CO)c(-c2c(C)c(OC)c(C)c(-c3cc(F)c(F)c(F)c3)c2CO)c1C. The maximum Gasteiger partial charge on any atom is 0.194 e. The van der Waals surface area contributed by atoms with E-state index in [0.717, 1.165) is 24.3 Å². The van der Waals surface area contributed by atoms with Crippen LogP contribution in [0.15, 0.2) is 24.3 Å². The zero-order valence-electron chi connectivity index (χ0n) is 23.7. The van der Waals surface area contributed by atoms with Crippen molar-refractivity contribution in [3.05, 3.63) is 92.5 Å². The Balaban J connectivity index is 2.27. The molecule has 0 heterocycles. The molecule has 0 unspecified atom stereocenters. The number of ether oxygens (including phenoxy) is 2. The lowest BCUT2D eigenvalue weighted by atomic mass is 9.79. The van der Waals surface area contributed by atoms with Gasteiger partial charge in [0.15, 0.2) is 34.9 Å². The summed E-state index contributed by atoms with van der Waals surface area (Å²) < 4.78 is 96.6. The highest BCUT2D eigenvalue weighted by Crippen LogP contribution is 2.50. The predicted molar refractivity (Wildman–Crippen MR) is 146 cm³/mol. The highest BCUT2D eigenvalue weighted by molar-refractivity contribution is 5.93. The lowest BCUT2D eigenvalue weighted by Gasteiger charge is -2.28. The largest absolute Gasteiger partial charge is 0.496 e. The van der Waals surface area contributed by atoms with Gasteiger partial charge in [0.25, 0.3) is 0 Å². The molecule has 2 N–H and O–H groups in total. The highest BCUT2D eigenvalue weighted by Gasteiger charge is 2.30. The second kappa shape index (κ2) is 11.7. The van der Waals surface area contributed by atoms with Crippen molar-refractivity contribution in [2.45, 2.75) is 40.9 Å². The molecule has 0 aromatic heterocycles. The molecule has 0 atom stereocenters. The molecule has 0 aliphatic heterocycles. The first kappa shape index (κ1) is 30.9. The van der Waals surface area contributed by atoms with Crippen molar-refractivity contribution in [2.75, 3.05) is 14.2 Å². The third-order valence-electron chi connectivity index (χ3n) is 7.59. The Labute approximate surface area is 238 Å². The van der Waals surface area contributed by atoms with Crippen LogP contribution in [-0.4, -0.2) is 24.4 Å². The van der Waals surface area contributed by atoms with Crippen LogP contribution in [0.3, 0.4) is 0 Å². The summed E-state index contributed by atoms with van der Waals surface area (Å²) in [6.07, 6.45) is 0. The summed E-state index contributed by atoms with van der Waals surface area (Å²) in [6.45, 7) is 5.20. The summed E-state index contributed by atoms with van der Waals surface area (Å²) in [5.74, 6) is -8.56. The fourth-order valence-electron chi connectivity index (χ4n) is 5.96. The molecule has 0 aliphatic rings. The number of methoxy groups -OCH3 is 2. The van der Waals surface area contributed by atoms with E-state index in [1.807, 2.05) is 0 Å². The van der Waals surface area contributed by atoms with Crippen LogP contribution < -0.4 is 9.47 Å².